The molecule has 184 valence electrons. The zero-order chi connectivity index (χ0) is 24.4. The number of ether oxygens (including phenoxy) is 1. The van der Waals surface area contributed by atoms with Crippen molar-refractivity contribution in [2.75, 3.05) is 38.3 Å². The van der Waals surface area contributed by atoms with Gasteiger partial charge in [-0.2, -0.15) is 0 Å². The molecule has 2 amide bonds. The number of aromatic nitrogens is 3. The number of amides is 2. The third-order valence-corrected chi connectivity index (χ3v) is 7.14. The number of primary amides is 1. The Morgan fingerprint density at radius 2 is 1.91 bits per heavy atom. The molecule has 5 rings (SSSR count). The Labute approximate surface area is 204 Å². The van der Waals surface area contributed by atoms with Crippen molar-refractivity contribution < 1.29 is 14.3 Å². The number of hydrogen-bond donors (Lipinski definition) is 1. The number of benzene rings is 1. The Morgan fingerprint density at radius 1 is 1.11 bits per heavy atom. The van der Waals surface area contributed by atoms with Gasteiger partial charge in [0.1, 0.15) is 12.4 Å². The largest absolute Gasteiger partial charge is 0.370 e. The third-order valence-electron chi connectivity index (χ3n) is 7.14. The van der Waals surface area contributed by atoms with Gasteiger partial charge in [0.15, 0.2) is 0 Å². The van der Waals surface area contributed by atoms with Gasteiger partial charge in [-0.15, -0.1) is 0 Å². The number of hydrogen-bond acceptors (Lipinski definition) is 6. The van der Waals surface area contributed by atoms with Crippen molar-refractivity contribution in [3.63, 3.8) is 0 Å². The number of nitrogens with zero attached hydrogens (tertiary/aromatic N) is 5. The molecule has 2 N–H and O–H groups in total. The van der Waals surface area contributed by atoms with Crippen molar-refractivity contribution in [3.05, 3.63) is 54.1 Å². The molecule has 0 radical (unpaired) electrons. The quantitative estimate of drug-likeness (QED) is 0.476. The normalized spacial score (nSPS) is 16.5. The van der Waals surface area contributed by atoms with E-state index in [-0.39, 0.29) is 18.6 Å². The average Bonchev–Trinajstić information content (AvgIpc) is 3.66. The van der Waals surface area contributed by atoms with Gasteiger partial charge in [0, 0.05) is 55.9 Å². The van der Waals surface area contributed by atoms with E-state index in [4.69, 9.17) is 10.5 Å². The summed E-state index contributed by atoms with van der Waals surface area (Å²) in [6, 6.07) is 7.57. The molecule has 0 atom stereocenters. The van der Waals surface area contributed by atoms with Gasteiger partial charge in [-0.1, -0.05) is 6.07 Å². The van der Waals surface area contributed by atoms with Crippen molar-refractivity contribution >= 4 is 28.5 Å². The van der Waals surface area contributed by atoms with Crippen LogP contribution >= 0.6 is 0 Å². The standard InChI is InChI=1S/C26H32N6O3/c1-30(21-7-10-32(11-8-21)24-16-28-22(15-29-24)18-2-3-18)25(33)17-35-13-12-31-9-6-19-4-5-20(26(27)34)14-23(19)31/h4-6,9,14-16,18,21H,2-3,7-8,10-13,17H2,1H3,(H2,27,34). The maximum atomic E-state index is 12.7. The van der Waals surface area contributed by atoms with Crippen LogP contribution in [-0.2, 0) is 16.1 Å². The lowest BCUT2D eigenvalue weighted by Gasteiger charge is -2.37. The number of likely N-dealkylation sites (N-methyl/N-ethyl adjacent to an activating group) is 1. The van der Waals surface area contributed by atoms with Gasteiger partial charge in [0.05, 0.1) is 24.7 Å². The molecule has 9 nitrogen and oxygen atoms in total. The summed E-state index contributed by atoms with van der Waals surface area (Å²) >= 11 is 0. The highest BCUT2D eigenvalue weighted by molar-refractivity contribution is 5.97. The summed E-state index contributed by atoms with van der Waals surface area (Å²) in [4.78, 5) is 37.4. The fraction of sp³-hybridized carbons (Fsp3) is 0.462. The lowest BCUT2D eigenvalue weighted by atomic mass is 10.0. The summed E-state index contributed by atoms with van der Waals surface area (Å²) in [5.41, 5.74) is 7.90. The highest BCUT2D eigenvalue weighted by Crippen LogP contribution is 2.38. The molecule has 3 heterocycles. The van der Waals surface area contributed by atoms with E-state index in [2.05, 4.69) is 14.9 Å². The zero-order valence-corrected chi connectivity index (χ0v) is 20.1. The Morgan fingerprint density at radius 3 is 2.60 bits per heavy atom. The van der Waals surface area contributed by atoms with Crippen molar-refractivity contribution in [3.8, 4) is 0 Å². The molecule has 35 heavy (non-hydrogen) atoms. The van der Waals surface area contributed by atoms with Crippen LogP contribution < -0.4 is 10.6 Å². The van der Waals surface area contributed by atoms with Gasteiger partial charge in [-0.3, -0.25) is 14.6 Å². The predicted molar refractivity (Wildman–Crippen MR) is 133 cm³/mol. The maximum absolute atomic E-state index is 12.7. The SMILES string of the molecule is CN(C(=O)COCCn1ccc2ccc(C(N)=O)cc21)C1CCN(c2cnc(C3CC3)cn2)CC1. The second-order valence-electron chi connectivity index (χ2n) is 9.50. The lowest BCUT2D eigenvalue weighted by Crippen LogP contribution is -2.47. The van der Waals surface area contributed by atoms with Crippen LogP contribution in [0.5, 0.6) is 0 Å². The van der Waals surface area contributed by atoms with E-state index in [0.29, 0.717) is 24.6 Å². The summed E-state index contributed by atoms with van der Waals surface area (Å²) in [6.07, 6.45) is 10.00. The van der Waals surface area contributed by atoms with Gasteiger partial charge >= 0.3 is 0 Å². The highest BCUT2D eigenvalue weighted by atomic mass is 16.5. The molecule has 1 saturated heterocycles. The summed E-state index contributed by atoms with van der Waals surface area (Å²) in [6.45, 7) is 2.75. The molecule has 9 heteroatoms. The Kier molecular flexibility index (Phi) is 6.68. The van der Waals surface area contributed by atoms with Gasteiger partial charge < -0.3 is 24.8 Å². The fourth-order valence-corrected chi connectivity index (χ4v) is 4.73. The van der Waals surface area contributed by atoms with Crippen LogP contribution in [0.2, 0.25) is 0 Å². The molecular formula is C26H32N6O3. The van der Waals surface area contributed by atoms with Crippen molar-refractivity contribution in [2.24, 2.45) is 5.73 Å². The van der Waals surface area contributed by atoms with Crippen molar-refractivity contribution in [1.29, 1.82) is 0 Å². The minimum absolute atomic E-state index is 0.00888. The van der Waals surface area contributed by atoms with Gasteiger partial charge in [-0.05, 0) is 49.3 Å². The molecule has 2 fully saturated rings. The summed E-state index contributed by atoms with van der Waals surface area (Å²) in [7, 11) is 1.86. The second kappa shape index (κ2) is 10.0. The molecule has 2 aromatic heterocycles. The van der Waals surface area contributed by atoms with Crippen LogP contribution in [0.3, 0.4) is 0 Å². The molecular weight excluding hydrogens is 444 g/mol. The summed E-state index contributed by atoms with van der Waals surface area (Å²) in [5, 5.41) is 1.03. The minimum Gasteiger partial charge on any atom is -0.370 e. The van der Waals surface area contributed by atoms with E-state index in [0.717, 1.165) is 48.3 Å². The van der Waals surface area contributed by atoms with Crippen LogP contribution in [0.1, 0.15) is 47.7 Å². The van der Waals surface area contributed by atoms with E-state index in [1.807, 2.05) is 47.2 Å². The fourth-order valence-electron chi connectivity index (χ4n) is 4.73. The summed E-state index contributed by atoms with van der Waals surface area (Å²) in [5.74, 6) is 1.08. The monoisotopic (exact) mass is 476 g/mol. The first-order valence-corrected chi connectivity index (χ1v) is 12.3. The molecule has 2 aliphatic rings. The number of rotatable bonds is 9. The zero-order valence-electron chi connectivity index (χ0n) is 20.1. The molecule has 0 bridgehead atoms. The topological polar surface area (TPSA) is 107 Å². The van der Waals surface area contributed by atoms with Crippen LogP contribution in [0, 0.1) is 0 Å². The molecule has 1 saturated carbocycles. The number of carbonyl (C=O) groups is 2. The first-order valence-electron chi connectivity index (χ1n) is 12.3. The lowest BCUT2D eigenvalue weighted by molar-refractivity contribution is -0.137. The molecule has 0 spiro atoms. The third kappa shape index (κ3) is 5.30. The van der Waals surface area contributed by atoms with Crippen molar-refractivity contribution in [2.45, 2.75) is 44.2 Å². The number of nitrogens with two attached hydrogens (primary N) is 1. The van der Waals surface area contributed by atoms with E-state index < -0.39 is 5.91 Å². The molecule has 1 aliphatic heterocycles. The van der Waals surface area contributed by atoms with Crippen LogP contribution in [0.25, 0.3) is 10.9 Å². The maximum Gasteiger partial charge on any atom is 0.248 e. The number of fused-ring (bicyclic) bond motifs is 1. The molecule has 3 aromatic rings. The van der Waals surface area contributed by atoms with Crippen LogP contribution in [0.15, 0.2) is 42.9 Å². The summed E-state index contributed by atoms with van der Waals surface area (Å²) < 4.78 is 7.71. The van der Waals surface area contributed by atoms with Crippen molar-refractivity contribution in [1.82, 2.24) is 19.4 Å². The first kappa shape index (κ1) is 23.3. The Hall–Kier alpha value is -3.46. The van der Waals surface area contributed by atoms with E-state index in [1.165, 1.54) is 12.8 Å². The van der Waals surface area contributed by atoms with Gasteiger partial charge in [0.2, 0.25) is 11.8 Å². The number of anilines is 1. The van der Waals surface area contributed by atoms with E-state index in [1.54, 1.807) is 12.1 Å². The molecule has 1 aromatic carbocycles. The Balaban J connectivity index is 1.06. The van der Waals surface area contributed by atoms with E-state index >= 15 is 0 Å². The second-order valence-corrected chi connectivity index (χ2v) is 9.50. The molecule has 1 aliphatic carbocycles. The molecule has 0 unspecified atom stereocenters. The minimum atomic E-state index is -0.449. The van der Waals surface area contributed by atoms with Crippen LogP contribution in [0.4, 0.5) is 5.82 Å². The first-order chi connectivity index (χ1) is 17.0. The Bertz CT molecular complexity index is 1200. The average molecular weight is 477 g/mol. The highest BCUT2D eigenvalue weighted by Gasteiger charge is 2.28. The number of carbonyl (C=O) groups excluding carboxylic acids is 2. The smallest absolute Gasteiger partial charge is 0.248 e. The van der Waals surface area contributed by atoms with Gasteiger partial charge in [-0.25, -0.2) is 4.98 Å². The van der Waals surface area contributed by atoms with Crippen LogP contribution in [-0.4, -0.2) is 70.6 Å². The van der Waals surface area contributed by atoms with E-state index in [9.17, 15) is 9.59 Å². The number of piperidine rings is 1. The predicted octanol–water partition coefficient (Wildman–Crippen LogP) is 2.55. The van der Waals surface area contributed by atoms with Gasteiger partial charge in [0.25, 0.3) is 0 Å².